The number of carbonyl (C=O) groups is 6. The molecule has 0 unspecified atom stereocenters. The number of morpholine rings is 2. The number of hydrogen-bond donors (Lipinski definition) is 4. The molecule has 3 saturated carbocycles. The van der Waals surface area contributed by atoms with Gasteiger partial charge >= 0.3 is 11.9 Å². The van der Waals surface area contributed by atoms with Crippen LogP contribution in [0.1, 0.15) is 133 Å². The maximum Gasteiger partial charge on any atom is 0.335 e. The molecule has 83 heavy (non-hydrogen) atoms. The Morgan fingerprint density at radius 1 is 0.590 bits per heavy atom. The summed E-state index contributed by atoms with van der Waals surface area (Å²) >= 11 is 0. The molecule has 3 aliphatic carbocycles. The minimum absolute atomic E-state index is 0.00368. The SMILES string of the molecule is O=C(O)/C=C/c1ccc(NC(=O)C2(NC(=O)c3ccc4c(C5CCCCC5)c(-c5ccoc5)n(CC(=O)N5CCOCC5)c4c3)CCC2)cc1.O=C(O)c1ccc2c(C3CCCCC3)c(-c3ccccc3)n(CC(=O)N3CCOCC3)c2c1. The number of aromatic nitrogens is 2. The Morgan fingerprint density at radius 3 is 1.61 bits per heavy atom. The van der Waals surface area contributed by atoms with Crippen molar-refractivity contribution in [2.75, 3.05) is 57.9 Å². The molecule has 17 nitrogen and oxygen atoms in total. The van der Waals surface area contributed by atoms with Crippen LogP contribution >= 0.6 is 0 Å². The van der Waals surface area contributed by atoms with E-state index in [1.54, 1.807) is 48.9 Å². The Hall–Kier alpha value is -8.28. The number of ether oxygens (including phenoxy) is 2. The van der Waals surface area contributed by atoms with E-state index < -0.39 is 17.5 Å². The molecule has 432 valence electrons. The summed E-state index contributed by atoms with van der Waals surface area (Å²) in [5.41, 5.74) is 8.92. The summed E-state index contributed by atoms with van der Waals surface area (Å²) in [6.45, 7) is 4.70. The third kappa shape index (κ3) is 12.4. The number of carboxylic acids is 2. The molecule has 5 heterocycles. The Balaban J connectivity index is 0.000000189. The van der Waals surface area contributed by atoms with Crippen LogP contribution in [0.4, 0.5) is 5.69 Å². The van der Waals surface area contributed by atoms with Crippen LogP contribution in [-0.2, 0) is 41.7 Å². The van der Waals surface area contributed by atoms with Crippen LogP contribution < -0.4 is 10.6 Å². The molecule has 5 fully saturated rings. The number of anilines is 1. The average molecular weight is 1130 g/mol. The minimum Gasteiger partial charge on any atom is -0.478 e. The van der Waals surface area contributed by atoms with Crippen LogP contribution in [0.25, 0.3) is 50.4 Å². The van der Waals surface area contributed by atoms with E-state index in [9.17, 15) is 33.9 Å². The molecule has 4 N–H and O–H groups in total. The van der Waals surface area contributed by atoms with E-state index in [-0.39, 0.29) is 42.3 Å². The highest BCUT2D eigenvalue weighted by Gasteiger charge is 2.46. The van der Waals surface area contributed by atoms with Crippen molar-refractivity contribution in [2.45, 2.75) is 114 Å². The molecule has 4 aromatic carbocycles. The zero-order valence-corrected chi connectivity index (χ0v) is 46.8. The first-order valence-electron chi connectivity index (χ1n) is 29.4. The second-order valence-corrected chi connectivity index (χ2v) is 22.6. The third-order valence-corrected chi connectivity index (χ3v) is 17.5. The highest BCUT2D eigenvalue weighted by Crippen LogP contribution is 2.46. The van der Waals surface area contributed by atoms with Gasteiger partial charge in [-0.05, 0) is 128 Å². The average Bonchev–Trinajstić information content (AvgIpc) is 4.44. The number of hydrogen-bond acceptors (Lipinski definition) is 9. The number of rotatable bonds is 15. The molecule has 0 radical (unpaired) electrons. The van der Waals surface area contributed by atoms with Gasteiger partial charge in [0.25, 0.3) is 5.91 Å². The van der Waals surface area contributed by atoms with Crippen molar-refractivity contribution in [3.05, 3.63) is 143 Å². The fraction of sp³-hybridized carbons (Fsp3) is 0.394. The van der Waals surface area contributed by atoms with E-state index in [4.69, 9.17) is 19.0 Å². The van der Waals surface area contributed by atoms with Gasteiger partial charge in [-0.25, -0.2) is 9.59 Å². The molecule has 17 heteroatoms. The second-order valence-electron chi connectivity index (χ2n) is 22.6. The molecule has 12 rings (SSSR count). The van der Waals surface area contributed by atoms with Gasteiger partial charge < -0.3 is 53.7 Å². The van der Waals surface area contributed by atoms with Gasteiger partial charge in [0.2, 0.25) is 17.7 Å². The monoisotopic (exact) mass is 1120 g/mol. The summed E-state index contributed by atoms with van der Waals surface area (Å²) in [6, 6.07) is 30.1. The largest absolute Gasteiger partial charge is 0.478 e. The van der Waals surface area contributed by atoms with Crippen molar-refractivity contribution in [1.29, 1.82) is 0 Å². The van der Waals surface area contributed by atoms with Crippen LogP contribution in [-0.4, -0.2) is 123 Å². The Labute approximate surface area is 482 Å². The zero-order valence-electron chi connectivity index (χ0n) is 46.8. The molecule has 0 bridgehead atoms. The van der Waals surface area contributed by atoms with Crippen molar-refractivity contribution < 1.29 is 52.9 Å². The van der Waals surface area contributed by atoms with Crippen LogP contribution in [0.5, 0.6) is 0 Å². The van der Waals surface area contributed by atoms with Crippen LogP contribution in [0.2, 0.25) is 0 Å². The van der Waals surface area contributed by atoms with Crippen LogP contribution in [0.3, 0.4) is 0 Å². The normalized spacial score (nSPS) is 17.6. The highest BCUT2D eigenvalue weighted by molar-refractivity contribution is 6.06. The standard InChI is InChI=1S/C39H42N4O7.C27H30N2O4/c44-33(42-18-21-49-22-19-42)24-43-32-23-28(10-13-31(32)35(27-5-2-1-3-6-27)36(43)29-15-20-50-25-29)37(47)41-39(16-4-17-39)38(48)40-30-11-7-26(8-12-30)9-14-34(45)46;30-24(28-13-15-33-16-14-28)18-29-23-17-21(27(31)32)11-12-22(23)25(19-7-3-1-4-8-19)26(29)20-9-5-2-6-10-20/h7-15,20,23,25,27H,1-6,16-19,21-22,24H2,(H,40,48)(H,41,47)(H,45,46);2,5-6,9-12,17,19H,1,3-4,7-8,13-16,18H2,(H,31,32)/b14-9+;. The number of nitrogens with zero attached hydrogens (tertiary/aromatic N) is 4. The van der Waals surface area contributed by atoms with E-state index in [1.807, 2.05) is 58.3 Å². The van der Waals surface area contributed by atoms with Gasteiger partial charge in [-0.1, -0.05) is 93.1 Å². The summed E-state index contributed by atoms with van der Waals surface area (Å²) < 4.78 is 20.6. The summed E-state index contributed by atoms with van der Waals surface area (Å²) in [5, 5.41) is 26.6. The first-order chi connectivity index (χ1) is 40.4. The molecule has 3 aromatic heterocycles. The maximum absolute atomic E-state index is 14.0. The lowest BCUT2D eigenvalue weighted by atomic mass is 9.75. The van der Waals surface area contributed by atoms with Gasteiger partial charge in [0.15, 0.2) is 0 Å². The fourth-order valence-electron chi connectivity index (χ4n) is 13.0. The van der Waals surface area contributed by atoms with Crippen molar-refractivity contribution >= 4 is 69.1 Å². The Morgan fingerprint density at radius 2 is 1.12 bits per heavy atom. The van der Waals surface area contributed by atoms with Crippen molar-refractivity contribution in [1.82, 2.24) is 24.3 Å². The number of benzene rings is 4. The van der Waals surface area contributed by atoms with Gasteiger partial charge in [-0.3, -0.25) is 19.2 Å². The van der Waals surface area contributed by atoms with E-state index in [0.29, 0.717) is 94.1 Å². The second kappa shape index (κ2) is 25.5. The zero-order chi connectivity index (χ0) is 57.5. The molecular weight excluding hydrogens is 1050 g/mol. The smallest absolute Gasteiger partial charge is 0.335 e. The molecule has 5 aliphatic rings. The molecule has 2 saturated heterocycles. The summed E-state index contributed by atoms with van der Waals surface area (Å²) in [5.74, 6) is -1.88. The number of aliphatic carboxylic acids is 1. The molecule has 7 aromatic rings. The predicted molar refractivity (Wildman–Crippen MR) is 316 cm³/mol. The third-order valence-electron chi connectivity index (χ3n) is 17.5. The summed E-state index contributed by atoms with van der Waals surface area (Å²) in [4.78, 5) is 81.0. The van der Waals surface area contributed by atoms with Crippen molar-refractivity contribution in [3.63, 3.8) is 0 Å². The number of aromatic carboxylic acids is 1. The van der Waals surface area contributed by atoms with Gasteiger partial charge in [0.05, 0.1) is 66.9 Å². The van der Waals surface area contributed by atoms with Crippen molar-refractivity contribution in [2.24, 2.45) is 0 Å². The Kier molecular flexibility index (Phi) is 17.4. The van der Waals surface area contributed by atoms with Gasteiger partial charge in [0.1, 0.15) is 18.6 Å². The van der Waals surface area contributed by atoms with E-state index in [2.05, 4.69) is 31.9 Å². The minimum atomic E-state index is -1.06. The number of fused-ring (bicyclic) bond motifs is 2. The summed E-state index contributed by atoms with van der Waals surface area (Å²) in [6.07, 6.45) is 19.2. The predicted octanol–water partition coefficient (Wildman–Crippen LogP) is 11.1. The number of carboxylic acid groups (broad SMARTS) is 2. The number of carbonyl (C=O) groups excluding carboxylic acids is 4. The number of nitrogens with one attached hydrogen (secondary N) is 2. The van der Waals surface area contributed by atoms with Gasteiger partial charge in [-0.2, -0.15) is 0 Å². The lowest BCUT2D eigenvalue weighted by molar-refractivity contribution is -0.136. The van der Waals surface area contributed by atoms with Crippen LogP contribution in [0, 0.1) is 0 Å². The van der Waals surface area contributed by atoms with Gasteiger partial charge in [0, 0.05) is 59.8 Å². The van der Waals surface area contributed by atoms with E-state index in [1.165, 1.54) is 42.9 Å². The molecular formula is C66H72N6O11. The number of furan rings is 1. The fourth-order valence-corrected chi connectivity index (χ4v) is 13.0. The number of amides is 4. The quantitative estimate of drug-likeness (QED) is 0.0709. The van der Waals surface area contributed by atoms with Crippen LogP contribution in [0.15, 0.2) is 120 Å². The lowest BCUT2D eigenvalue weighted by Crippen LogP contribution is -2.61. The first-order valence-corrected chi connectivity index (χ1v) is 29.4. The molecule has 0 atom stereocenters. The topological polar surface area (TPSA) is 215 Å². The van der Waals surface area contributed by atoms with E-state index >= 15 is 0 Å². The molecule has 0 spiro atoms. The molecule has 4 amide bonds. The highest BCUT2D eigenvalue weighted by atomic mass is 16.5. The Bertz CT molecular complexity index is 3520. The summed E-state index contributed by atoms with van der Waals surface area (Å²) in [7, 11) is 0. The van der Waals surface area contributed by atoms with E-state index in [0.717, 1.165) is 95.3 Å². The first kappa shape index (κ1) is 56.6. The molecule has 2 aliphatic heterocycles. The van der Waals surface area contributed by atoms with Crippen molar-refractivity contribution in [3.8, 4) is 22.5 Å². The lowest BCUT2D eigenvalue weighted by Gasteiger charge is -2.40. The van der Waals surface area contributed by atoms with Gasteiger partial charge in [-0.15, -0.1) is 0 Å². The maximum atomic E-state index is 14.0.